The Morgan fingerprint density at radius 1 is 1.18 bits per heavy atom. The van der Waals surface area contributed by atoms with Crippen LogP contribution in [0.15, 0.2) is 54.1 Å². The Kier molecular flexibility index (Phi) is 7.77. The number of carbonyl (C=O) groups excluding carboxylic acids is 1. The van der Waals surface area contributed by atoms with Crippen LogP contribution in [-0.2, 0) is 17.8 Å². The minimum absolute atomic E-state index is 0.225. The van der Waals surface area contributed by atoms with Crippen molar-refractivity contribution in [3.8, 4) is 11.5 Å². The number of hydrogen-bond donors (Lipinski definition) is 2. The molecule has 2 N–H and O–H groups in total. The molecule has 0 fully saturated rings. The van der Waals surface area contributed by atoms with Gasteiger partial charge in [-0.25, -0.2) is 9.87 Å². The van der Waals surface area contributed by atoms with Crippen LogP contribution in [0.2, 0.25) is 0 Å². The average Bonchev–Trinajstić information content (AvgIpc) is 2.69. The van der Waals surface area contributed by atoms with Gasteiger partial charge in [0.2, 0.25) is 0 Å². The fraction of sp³-hybridized carbons (Fsp3) is 0.227. The van der Waals surface area contributed by atoms with Crippen molar-refractivity contribution in [3.05, 3.63) is 76.6 Å². The fourth-order valence-electron chi connectivity index (χ4n) is 2.56. The van der Waals surface area contributed by atoms with Crippen molar-refractivity contribution in [3.63, 3.8) is 0 Å². The molecule has 2 aromatic carbocycles. The molecule has 0 saturated heterocycles. The van der Waals surface area contributed by atoms with Crippen LogP contribution < -0.4 is 15.0 Å². The summed E-state index contributed by atoms with van der Waals surface area (Å²) in [6.07, 6.45) is 5.39. The Bertz CT molecular complexity index is 869. The number of nitrogens with one attached hydrogen (secondary N) is 1. The van der Waals surface area contributed by atoms with Gasteiger partial charge < -0.3 is 9.47 Å². The topological polar surface area (TPSA) is 67.8 Å². The monoisotopic (exact) mass is 385 g/mol. The van der Waals surface area contributed by atoms with E-state index in [0.717, 1.165) is 16.7 Å². The summed E-state index contributed by atoms with van der Waals surface area (Å²) in [7, 11) is 1.58. The number of halogens is 1. The first kappa shape index (κ1) is 21.2. The van der Waals surface area contributed by atoms with Gasteiger partial charge in [-0.2, -0.15) is 0 Å². The third kappa shape index (κ3) is 5.96. The number of methoxy groups -OCH3 is 1. The van der Waals surface area contributed by atoms with Crippen molar-refractivity contribution in [1.29, 1.82) is 0 Å². The highest BCUT2D eigenvalue weighted by Crippen LogP contribution is 2.35. The molecule has 1 amide bonds. The van der Waals surface area contributed by atoms with E-state index in [2.05, 4.69) is 6.08 Å². The van der Waals surface area contributed by atoms with Crippen LogP contribution in [0.3, 0.4) is 0 Å². The Morgan fingerprint density at radius 2 is 1.89 bits per heavy atom. The molecule has 28 heavy (non-hydrogen) atoms. The highest BCUT2D eigenvalue weighted by atomic mass is 19.1. The van der Waals surface area contributed by atoms with Crippen LogP contribution >= 0.6 is 0 Å². The first-order valence-electron chi connectivity index (χ1n) is 8.77. The van der Waals surface area contributed by atoms with Gasteiger partial charge in [0.1, 0.15) is 23.9 Å². The van der Waals surface area contributed by atoms with E-state index < -0.39 is 5.91 Å². The number of amides is 1. The van der Waals surface area contributed by atoms with E-state index in [4.69, 9.17) is 14.7 Å². The summed E-state index contributed by atoms with van der Waals surface area (Å²) in [6, 6.07) is 9.63. The molecule has 0 aliphatic heterocycles. The zero-order chi connectivity index (χ0) is 20.5. The molecule has 0 heterocycles. The Labute approximate surface area is 164 Å². The molecular weight excluding hydrogens is 361 g/mol. The van der Waals surface area contributed by atoms with Crippen LogP contribution in [0, 0.1) is 5.82 Å². The van der Waals surface area contributed by atoms with Crippen molar-refractivity contribution in [2.45, 2.75) is 26.9 Å². The molecule has 0 saturated carbocycles. The number of benzene rings is 2. The van der Waals surface area contributed by atoms with E-state index in [1.165, 1.54) is 18.2 Å². The molecule has 0 spiro atoms. The van der Waals surface area contributed by atoms with Crippen LogP contribution in [0.25, 0.3) is 6.08 Å². The van der Waals surface area contributed by atoms with Crippen LogP contribution in [0.5, 0.6) is 11.5 Å². The highest BCUT2D eigenvalue weighted by molar-refractivity contribution is 5.91. The maximum absolute atomic E-state index is 13.1. The van der Waals surface area contributed by atoms with Crippen molar-refractivity contribution in [2.75, 3.05) is 7.11 Å². The lowest BCUT2D eigenvalue weighted by molar-refractivity contribution is -0.124. The highest BCUT2D eigenvalue weighted by Gasteiger charge is 2.14. The lowest BCUT2D eigenvalue weighted by Gasteiger charge is -2.17. The molecular formula is C22H24FNO4. The Balaban J connectivity index is 2.44. The number of allylic oxidation sites excluding steroid dienone is 2. The van der Waals surface area contributed by atoms with Gasteiger partial charge in [0.25, 0.3) is 5.91 Å². The van der Waals surface area contributed by atoms with Crippen LogP contribution in [0.1, 0.15) is 30.5 Å². The molecule has 2 aromatic rings. The second-order valence-corrected chi connectivity index (χ2v) is 6.37. The summed E-state index contributed by atoms with van der Waals surface area (Å²) in [4.78, 5) is 11.4. The van der Waals surface area contributed by atoms with Crippen molar-refractivity contribution < 1.29 is 23.9 Å². The van der Waals surface area contributed by atoms with Crippen LogP contribution in [-0.4, -0.2) is 18.2 Å². The smallest absolute Gasteiger partial charge is 0.267 e. The summed E-state index contributed by atoms with van der Waals surface area (Å²) in [6.45, 7) is 4.23. The minimum atomic E-state index is -0.647. The maximum atomic E-state index is 13.1. The molecule has 5 nitrogen and oxygen atoms in total. The van der Waals surface area contributed by atoms with E-state index in [-0.39, 0.29) is 12.4 Å². The van der Waals surface area contributed by atoms with Gasteiger partial charge in [-0.15, -0.1) is 0 Å². The Hall–Kier alpha value is -3.12. The number of hydroxylamine groups is 1. The molecule has 0 bridgehead atoms. The standard InChI is InChI=1S/C22H24FNO4/c1-15(2)4-11-19-20(27-3)12-7-17(8-13-21(25)24-26)22(19)28-14-16-5-9-18(23)10-6-16/h4-10,12-13,26H,11,14H2,1-3H3,(H,24,25)/b13-8+. The molecule has 0 aliphatic carbocycles. The summed E-state index contributed by atoms with van der Waals surface area (Å²) in [5.74, 6) is 0.262. The zero-order valence-corrected chi connectivity index (χ0v) is 16.2. The second kappa shape index (κ2) is 10.3. The van der Waals surface area contributed by atoms with Gasteiger partial charge in [-0.1, -0.05) is 23.8 Å². The lowest BCUT2D eigenvalue weighted by atomic mass is 10.0. The van der Waals surface area contributed by atoms with Gasteiger partial charge in [-0.3, -0.25) is 10.0 Å². The summed E-state index contributed by atoms with van der Waals surface area (Å²) < 4.78 is 24.7. The molecule has 6 heteroatoms. The normalized spacial score (nSPS) is 10.6. The molecule has 0 radical (unpaired) electrons. The summed E-state index contributed by atoms with van der Waals surface area (Å²) >= 11 is 0. The van der Waals surface area contributed by atoms with Gasteiger partial charge in [0, 0.05) is 17.2 Å². The van der Waals surface area contributed by atoms with E-state index in [1.54, 1.807) is 42.9 Å². The summed E-state index contributed by atoms with van der Waals surface area (Å²) in [5.41, 5.74) is 5.00. The molecule has 0 unspecified atom stereocenters. The van der Waals surface area contributed by atoms with E-state index in [9.17, 15) is 9.18 Å². The van der Waals surface area contributed by atoms with Crippen molar-refractivity contribution >= 4 is 12.0 Å². The number of hydrogen-bond acceptors (Lipinski definition) is 4. The summed E-state index contributed by atoms with van der Waals surface area (Å²) in [5, 5.41) is 8.70. The predicted molar refractivity (Wildman–Crippen MR) is 106 cm³/mol. The minimum Gasteiger partial charge on any atom is -0.496 e. The van der Waals surface area contributed by atoms with Gasteiger partial charge in [-0.05, 0) is 56.2 Å². The molecule has 2 rings (SSSR count). The predicted octanol–water partition coefficient (Wildman–Crippen LogP) is 4.44. The first-order chi connectivity index (χ1) is 13.4. The molecule has 0 aliphatic rings. The van der Waals surface area contributed by atoms with Crippen LogP contribution in [0.4, 0.5) is 4.39 Å². The van der Waals surface area contributed by atoms with E-state index in [0.29, 0.717) is 23.5 Å². The first-order valence-corrected chi connectivity index (χ1v) is 8.77. The van der Waals surface area contributed by atoms with Crippen molar-refractivity contribution in [2.24, 2.45) is 0 Å². The second-order valence-electron chi connectivity index (χ2n) is 6.37. The molecule has 0 atom stereocenters. The van der Waals surface area contributed by atoms with Gasteiger partial charge in [0.05, 0.1) is 7.11 Å². The maximum Gasteiger partial charge on any atom is 0.267 e. The third-order valence-electron chi connectivity index (χ3n) is 4.00. The van der Waals surface area contributed by atoms with E-state index >= 15 is 0 Å². The SMILES string of the molecule is COc1ccc(/C=C/C(=O)NO)c(OCc2ccc(F)cc2)c1CC=C(C)C. The van der Waals surface area contributed by atoms with Gasteiger partial charge >= 0.3 is 0 Å². The number of carbonyl (C=O) groups is 1. The van der Waals surface area contributed by atoms with Crippen molar-refractivity contribution in [1.82, 2.24) is 5.48 Å². The van der Waals surface area contributed by atoms with Gasteiger partial charge in [0.15, 0.2) is 0 Å². The number of rotatable bonds is 8. The Morgan fingerprint density at radius 3 is 2.50 bits per heavy atom. The quantitative estimate of drug-likeness (QED) is 0.305. The molecule has 0 aromatic heterocycles. The average molecular weight is 385 g/mol. The zero-order valence-electron chi connectivity index (χ0n) is 16.2. The largest absolute Gasteiger partial charge is 0.496 e. The fourth-order valence-corrected chi connectivity index (χ4v) is 2.56. The molecule has 148 valence electrons. The lowest BCUT2D eigenvalue weighted by Crippen LogP contribution is -2.14. The third-order valence-corrected chi connectivity index (χ3v) is 4.00. The number of ether oxygens (including phenoxy) is 2. The van der Waals surface area contributed by atoms with E-state index in [1.807, 2.05) is 13.8 Å².